The Kier molecular flexibility index (Phi) is 4.73. The van der Waals surface area contributed by atoms with Crippen molar-refractivity contribution in [2.24, 2.45) is 7.05 Å². The van der Waals surface area contributed by atoms with Gasteiger partial charge in [-0.1, -0.05) is 6.07 Å². The summed E-state index contributed by atoms with van der Waals surface area (Å²) in [5.74, 6) is 1.70. The molecule has 146 valence electrons. The summed E-state index contributed by atoms with van der Waals surface area (Å²) >= 11 is 0. The summed E-state index contributed by atoms with van der Waals surface area (Å²) in [5.41, 5.74) is 2.02. The number of hydrogen-bond donors (Lipinski definition) is 0. The maximum Gasteiger partial charge on any atom is 0.211 e. The van der Waals surface area contributed by atoms with Gasteiger partial charge in [0.15, 0.2) is 0 Å². The first-order valence-electron chi connectivity index (χ1n) is 9.19. The lowest BCUT2D eigenvalue weighted by Crippen LogP contribution is -2.48. The average Bonchev–Trinajstić information content (AvgIpc) is 3.05. The molecular formula is C19H25N3O4S. The van der Waals surface area contributed by atoms with E-state index in [0.717, 1.165) is 18.0 Å². The number of nitrogens with zero attached hydrogens (tertiary/aromatic N) is 3. The van der Waals surface area contributed by atoms with Gasteiger partial charge in [0.1, 0.15) is 18.2 Å². The van der Waals surface area contributed by atoms with Crippen molar-refractivity contribution < 1.29 is 17.9 Å². The first-order chi connectivity index (χ1) is 12.9. The summed E-state index contributed by atoms with van der Waals surface area (Å²) in [7, 11) is -1.20. The molecule has 0 N–H and O–H groups in total. The summed E-state index contributed by atoms with van der Waals surface area (Å²) < 4.78 is 39.2. The highest BCUT2D eigenvalue weighted by atomic mass is 32.2. The molecule has 1 fully saturated rings. The van der Waals surface area contributed by atoms with Crippen molar-refractivity contribution in [2.75, 3.05) is 26.0 Å². The smallest absolute Gasteiger partial charge is 0.211 e. The van der Waals surface area contributed by atoms with Crippen LogP contribution < -0.4 is 4.74 Å². The molecule has 1 spiro atoms. The summed E-state index contributed by atoms with van der Waals surface area (Å²) in [4.78, 5) is 4.28. The molecule has 1 aromatic carbocycles. The first-order valence-corrected chi connectivity index (χ1v) is 11.0. The number of hydrogen-bond acceptors (Lipinski definition) is 5. The van der Waals surface area contributed by atoms with Gasteiger partial charge in [0.25, 0.3) is 0 Å². The summed E-state index contributed by atoms with van der Waals surface area (Å²) in [6.45, 7) is 2.06. The standard InChI is InChI=1S/C19H25N3O4S/c1-21-11-8-20-18(21)14-25-16-3-4-17-15(13-16)5-12-26-19(17)6-9-22(10-7-19)27(2,23)24/h3-4,8,11,13H,5-7,9-10,12,14H2,1-2H3. The van der Waals surface area contributed by atoms with E-state index in [0.29, 0.717) is 39.1 Å². The maximum absolute atomic E-state index is 11.8. The number of piperidine rings is 1. The van der Waals surface area contributed by atoms with Crippen LogP contribution in [0, 0.1) is 0 Å². The number of sulfonamides is 1. The second-order valence-electron chi connectivity index (χ2n) is 7.32. The molecular weight excluding hydrogens is 366 g/mol. The van der Waals surface area contributed by atoms with Crippen LogP contribution in [0.3, 0.4) is 0 Å². The SMILES string of the molecule is Cn1ccnc1COc1ccc2c(c1)CCOC21CCN(S(C)(=O)=O)CC1. The van der Waals surface area contributed by atoms with Crippen LogP contribution in [0.1, 0.15) is 29.8 Å². The van der Waals surface area contributed by atoms with Gasteiger partial charge in [-0.15, -0.1) is 0 Å². The van der Waals surface area contributed by atoms with Crippen LogP contribution in [0.5, 0.6) is 5.75 Å². The van der Waals surface area contributed by atoms with Crippen molar-refractivity contribution in [3.63, 3.8) is 0 Å². The van der Waals surface area contributed by atoms with Crippen molar-refractivity contribution in [1.29, 1.82) is 0 Å². The lowest BCUT2D eigenvalue weighted by atomic mass is 9.80. The zero-order valence-corrected chi connectivity index (χ0v) is 16.5. The Hall–Kier alpha value is -1.90. The number of rotatable bonds is 4. The van der Waals surface area contributed by atoms with E-state index in [9.17, 15) is 8.42 Å². The van der Waals surface area contributed by atoms with Gasteiger partial charge in [-0.3, -0.25) is 0 Å². The molecule has 0 radical (unpaired) electrons. The molecule has 2 aliphatic rings. The van der Waals surface area contributed by atoms with Crippen LogP contribution in [0.2, 0.25) is 0 Å². The predicted octanol–water partition coefficient (Wildman–Crippen LogP) is 1.82. The van der Waals surface area contributed by atoms with Crippen molar-refractivity contribution in [2.45, 2.75) is 31.5 Å². The molecule has 7 nitrogen and oxygen atoms in total. The number of imidazole rings is 1. The van der Waals surface area contributed by atoms with Crippen molar-refractivity contribution in [3.8, 4) is 5.75 Å². The van der Waals surface area contributed by atoms with Gasteiger partial charge in [0.2, 0.25) is 10.0 Å². The van der Waals surface area contributed by atoms with E-state index in [1.807, 2.05) is 23.9 Å². The van der Waals surface area contributed by atoms with Crippen molar-refractivity contribution >= 4 is 10.0 Å². The minimum absolute atomic E-state index is 0.382. The number of aryl methyl sites for hydroxylation is 1. The van der Waals surface area contributed by atoms with Gasteiger partial charge in [-0.05, 0) is 42.5 Å². The van der Waals surface area contributed by atoms with E-state index in [1.54, 1.807) is 10.5 Å². The molecule has 1 aromatic heterocycles. The molecule has 2 aliphatic heterocycles. The highest BCUT2D eigenvalue weighted by Gasteiger charge is 2.42. The van der Waals surface area contributed by atoms with Crippen LogP contribution in [0.25, 0.3) is 0 Å². The number of ether oxygens (including phenoxy) is 2. The molecule has 0 aliphatic carbocycles. The van der Waals surface area contributed by atoms with Crippen LogP contribution in [-0.2, 0) is 40.4 Å². The van der Waals surface area contributed by atoms with Gasteiger partial charge in [-0.2, -0.15) is 0 Å². The van der Waals surface area contributed by atoms with E-state index in [2.05, 4.69) is 17.1 Å². The van der Waals surface area contributed by atoms with Crippen molar-refractivity contribution in [1.82, 2.24) is 13.9 Å². The minimum Gasteiger partial charge on any atom is -0.486 e. The van der Waals surface area contributed by atoms with Crippen molar-refractivity contribution in [3.05, 3.63) is 47.5 Å². The fraction of sp³-hybridized carbons (Fsp3) is 0.526. The Morgan fingerprint density at radius 2 is 2.07 bits per heavy atom. The van der Waals surface area contributed by atoms with Gasteiger partial charge in [0, 0.05) is 32.5 Å². The van der Waals surface area contributed by atoms with Gasteiger partial charge in [0.05, 0.1) is 18.5 Å². The Balaban J connectivity index is 1.51. The van der Waals surface area contributed by atoms with E-state index in [-0.39, 0.29) is 5.60 Å². The predicted molar refractivity (Wildman–Crippen MR) is 101 cm³/mol. The molecule has 8 heteroatoms. The third kappa shape index (κ3) is 3.61. The Bertz CT molecular complexity index is 930. The molecule has 0 saturated carbocycles. The topological polar surface area (TPSA) is 73.7 Å². The summed E-state index contributed by atoms with van der Waals surface area (Å²) in [5, 5.41) is 0. The first kappa shape index (κ1) is 18.5. The summed E-state index contributed by atoms with van der Waals surface area (Å²) in [6.07, 6.45) is 7.13. The quantitative estimate of drug-likeness (QED) is 0.795. The lowest BCUT2D eigenvalue weighted by molar-refractivity contribution is -0.0891. The minimum atomic E-state index is -3.15. The highest BCUT2D eigenvalue weighted by Crippen LogP contribution is 2.42. The van der Waals surface area contributed by atoms with E-state index in [1.165, 1.54) is 17.4 Å². The van der Waals surface area contributed by atoms with Gasteiger partial charge in [-0.25, -0.2) is 17.7 Å². The molecule has 0 unspecified atom stereocenters. The Morgan fingerprint density at radius 1 is 1.30 bits per heavy atom. The maximum atomic E-state index is 11.8. The van der Waals surface area contributed by atoms with Crippen LogP contribution in [0.15, 0.2) is 30.6 Å². The van der Waals surface area contributed by atoms with Gasteiger partial charge >= 0.3 is 0 Å². The number of benzene rings is 1. The fourth-order valence-corrected chi connectivity index (χ4v) is 4.87. The normalized spacial score (nSPS) is 19.8. The summed E-state index contributed by atoms with van der Waals surface area (Å²) in [6, 6.07) is 6.14. The van der Waals surface area contributed by atoms with E-state index < -0.39 is 10.0 Å². The fourth-order valence-electron chi connectivity index (χ4n) is 4.02. The molecule has 3 heterocycles. The lowest BCUT2D eigenvalue weighted by Gasteiger charge is -2.44. The molecule has 4 rings (SSSR count). The molecule has 27 heavy (non-hydrogen) atoms. The monoisotopic (exact) mass is 391 g/mol. The third-order valence-electron chi connectivity index (χ3n) is 5.61. The molecule has 0 atom stereocenters. The second kappa shape index (κ2) is 6.92. The zero-order chi connectivity index (χ0) is 19.1. The van der Waals surface area contributed by atoms with Crippen LogP contribution in [0.4, 0.5) is 0 Å². The zero-order valence-electron chi connectivity index (χ0n) is 15.7. The Labute approximate surface area is 160 Å². The molecule has 2 aromatic rings. The highest BCUT2D eigenvalue weighted by molar-refractivity contribution is 7.88. The number of fused-ring (bicyclic) bond motifs is 2. The molecule has 0 amide bonds. The van der Waals surface area contributed by atoms with Crippen LogP contribution in [-0.4, -0.2) is 48.2 Å². The Morgan fingerprint density at radius 3 is 2.74 bits per heavy atom. The third-order valence-corrected chi connectivity index (χ3v) is 6.91. The van der Waals surface area contributed by atoms with E-state index >= 15 is 0 Å². The molecule has 1 saturated heterocycles. The van der Waals surface area contributed by atoms with Gasteiger partial charge < -0.3 is 14.0 Å². The largest absolute Gasteiger partial charge is 0.486 e. The van der Waals surface area contributed by atoms with Crippen LogP contribution >= 0.6 is 0 Å². The second-order valence-corrected chi connectivity index (χ2v) is 9.30. The van der Waals surface area contributed by atoms with E-state index in [4.69, 9.17) is 9.47 Å². The average molecular weight is 391 g/mol. The molecule has 0 bridgehead atoms. The number of aromatic nitrogens is 2.